The van der Waals surface area contributed by atoms with Gasteiger partial charge in [0.25, 0.3) is 5.91 Å². The summed E-state index contributed by atoms with van der Waals surface area (Å²) in [6, 6.07) is 19.8. The van der Waals surface area contributed by atoms with Crippen molar-refractivity contribution >= 4 is 17.3 Å². The summed E-state index contributed by atoms with van der Waals surface area (Å²) >= 11 is 0. The number of rotatable bonds is 2. The van der Waals surface area contributed by atoms with Crippen LogP contribution >= 0.6 is 0 Å². The highest BCUT2D eigenvalue weighted by Crippen LogP contribution is 2.42. The van der Waals surface area contributed by atoms with E-state index in [0.29, 0.717) is 41.5 Å². The molecule has 28 heavy (non-hydrogen) atoms. The first-order chi connectivity index (χ1) is 13.7. The van der Waals surface area contributed by atoms with Gasteiger partial charge in [-0.2, -0.15) is 0 Å². The average Bonchev–Trinajstić information content (AvgIpc) is 2.74. The van der Waals surface area contributed by atoms with Crippen LogP contribution in [0.1, 0.15) is 22.1 Å². The summed E-state index contributed by atoms with van der Waals surface area (Å²) in [4.78, 5) is 15.0. The Morgan fingerprint density at radius 1 is 0.929 bits per heavy atom. The molecule has 0 radical (unpaired) electrons. The van der Waals surface area contributed by atoms with E-state index in [1.165, 1.54) is 0 Å². The fourth-order valence-electron chi connectivity index (χ4n) is 3.64. The van der Waals surface area contributed by atoms with Crippen molar-refractivity contribution < 1.29 is 19.4 Å². The molecule has 3 aromatic rings. The van der Waals surface area contributed by atoms with E-state index in [1.807, 2.05) is 30.3 Å². The fraction of sp³-hybridized carbons (Fsp3) is 0.136. The molecule has 3 aromatic carbocycles. The maximum Gasteiger partial charge on any atom is 0.262 e. The lowest BCUT2D eigenvalue weighted by Crippen LogP contribution is -2.43. The topological polar surface area (TPSA) is 71.0 Å². The van der Waals surface area contributed by atoms with E-state index in [4.69, 9.17) is 9.47 Å². The van der Waals surface area contributed by atoms with Crippen molar-refractivity contribution in [2.24, 2.45) is 0 Å². The minimum absolute atomic E-state index is 0.120. The van der Waals surface area contributed by atoms with Crippen molar-refractivity contribution in [3.63, 3.8) is 0 Å². The van der Waals surface area contributed by atoms with Gasteiger partial charge in [-0.05, 0) is 30.3 Å². The Morgan fingerprint density at radius 2 is 1.68 bits per heavy atom. The molecule has 2 heterocycles. The molecule has 6 heteroatoms. The van der Waals surface area contributed by atoms with Gasteiger partial charge in [-0.3, -0.25) is 9.69 Å². The zero-order chi connectivity index (χ0) is 19.1. The number of aromatic hydroxyl groups is 1. The number of benzene rings is 3. The molecule has 1 unspecified atom stereocenters. The molecule has 1 amide bonds. The molecule has 0 spiro atoms. The summed E-state index contributed by atoms with van der Waals surface area (Å²) < 4.78 is 11.3. The highest BCUT2D eigenvalue weighted by molar-refractivity contribution is 6.12. The van der Waals surface area contributed by atoms with Crippen LogP contribution in [0.3, 0.4) is 0 Å². The van der Waals surface area contributed by atoms with Gasteiger partial charge < -0.3 is 19.9 Å². The van der Waals surface area contributed by atoms with Gasteiger partial charge >= 0.3 is 0 Å². The lowest BCUT2D eigenvalue weighted by molar-refractivity contribution is 0.0974. The second-order valence-electron chi connectivity index (χ2n) is 6.65. The van der Waals surface area contributed by atoms with Crippen LogP contribution in [0.25, 0.3) is 0 Å². The number of phenols is 1. The second kappa shape index (κ2) is 6.49. The third-order valence-electron chi connectivity index (χ3n) is 4.96. The average molecular weight is 374 g/mol. The highest BCUT2D eigenvalue weighted by atomic mass is 16.6. The normalized spacial score (nSPS) is 17.6. The molecule has 5 rings (SSSR count). The number of anilines is 2. The molecule has 0 fully saturated rings. The molecule has 1 atom stereocenters. The standard InChI is InChI=1S/C22H18N2O4/c25-18-8-4-2-6-16(18)21-23-17-7-3-1-5-15(17)22(26)24(21)14-9-10-19-20(13-14)28-12-11-27-19/h1-10,13,21,23,25H,11-12H2. The monoisotopic (exact) mass is 374 g/mol. The van der Waals surface area contributed by atoms with Gasteiger partial charge in [0.15, 0.2) is 11.5 Å². The maximum absolute atomic E-state index is 13.4. The van der Waals surface area contributed by atoms with Crippen LogP contribution in [0.5, 0.6) is 17.2 Å². The van der Waals surface area contributed by atoms with E-state index < -0.39 is 6.17 Å². The molecule has 2 N–H and O–H groups in total. The Morgan fingerprint density at radius 3 is 2.54 bits per heavy atom. The van der Waals surface area contributed by atoms with Gasteiger partial charge in [0, 0.05) is 17.3 Å². The summed E-state index contributed by atoms with van der Waals surface area (Å²) in [5.41, 5.74) is 2.57. The summed E-state index contributed by atoms with van der Waals surface area (Å²) in [5.74, 6) is 1.23. The third-order valence-corrected chi connectivity index (χ3v) is 4.96. The van der Waals surface area contributed by atoms with E-state index in [9.17, 15) is 9.90 Å². The number of amides is 1. The Labute approximate surface area is 161 Å². The van der Waals surface area contributed by atoms with Crippen LogP contribution in [0.2, 0.25) is 0 Å². The molecule has 2 aliphatic heterocycles. The summed E-state index contributed by atoms with van der Waals surface area (Å²) in [5, 5.41) is 13.8. The number of para-hydroxylation sites is 2. The summed E-state index contributed by atoms with van der Waals surface area (Å²) in [6.07, 6.45) is -0.564. The summed E-state index contributed by atoms with van der Waals surface area (Å²) in [7, 11) is 0. The molecule has 0 saturated carbocycles. The number of carbonyl (C=O) groups is 1. The van der Waals surface area contributed by atoms with Crippen molar-refractivity contribution in [2.75, 3.05) is 23.4 Å². The number of hydrogen-bond donors (Lipinski definition) is 2. The Kier molecular flexibility index (Phi) is 3.83. The van der Waals surface area contributed by atoms with Crippen molar-refractivity contribution in [1.29, 1.82) is 0 Å². The minimum Gasteiger partial charge on any atom is -0.508 e. The lowest BCUT2D eigenvalue weighted by Gasteiger charge is -2.38. The quantitative estimate of drug-likeness (QED) is 0.711. The van der Waals surface area contributed by atoms with Crippen molar-refractivity contribution in [2.45, 2.75) is 6.17 Å². The molecular weight excluding hydrogens is 356 g/mol. The zero-order valence-electron chi connectivity index (χ0n) is 15.0. The van der Waals surface area contributed by atoms with Gasteiger partial charge in [0.1, 0.15) is 25.1 Å². The molecule has 6 nitrogen and oxygen atoms in total. The molecule has 0 aliphatic carbocycles. The van der Waals surface area contributed by atoms with E-state index in [1.54, 1.807) is 41.3 Å². The van der Waals surface area contributed by atoms with Crippen LogP contribution < -0.4 is 19.7 Å². The maximum atomic E-state index is 13.4. The molecule has 0 aromatic heterocycles. The van der Waals surface area contributed by atoms with Crippen LogP contribution in [0, 0.1) is 0 Å². The van der Waals surface area contributed by atoms with E-state index >= 15 is 0 Å². The number of hydrogen-bond acceptors (Lipinski definition) is 5. The van der Waals surface area contributed by atoms with Gasteiger partial charge in [0.05, 0.1) is 11.3 Å². The van der Waals surface area contributed by atoms with Crippen molar-refractivity contribution in [1.82, 2.24) is 0 Å². The van der Waals surface area contributed by atoms with Crippen molar-refractivity contribution in [3.8, 4) is 17.2 Å². The predicted molar refractivity (Wildman–Crippen MR) is 105 cm³/mol. The first-order valence-corrected chi connectivity index (χ1v) is 9.09. The lowest BCUT2D eigenvalue weighted by atomic mass is 10.0. The molecule has 2 aliphatic rings. The van der Waals surface area contributed by atoms with Crippen LogP contribution in [-0.2, 0) is 0 Å². The largest absolute Gasteiger partial charge is 0.508 e. The first kappa shape index (κ1) is 16.5. The van der Waals surface area contributed by atoms with Crippen LogP contribution in [-0.4, -0.2) is 24.2 Å². The van der Waals surface area contributed by atoms with E-state index in [2.05, 4.69) is 5.32 Å². The zero-order valence-corrected chi connectivity index (χ0v) is 15.0. The van der Waals surface area contributed by atoms with Gasteiger partial charge in [-0.15, -0.1) is 0 Å². The second-order valence-corrected chi connectivity index (χ2v) is 6.65. The predicted octanol–water partition coefficient (Wildman–Crippen LogP) is 3.93. The number of nitrogens with one attached hydrogen (secondary N) is 1. The number of ether oxygens (including phenoxy) is 2. The Hall–Kier alpha value is -3.67. The summed E-state index contributed by atoms with van der Waals surface area (Å²) in [6.45, 7) is 0.971. The highest BCUT2D eigenvalue weighted by Gasteiger charge is 2.35. The smallest absolute Gasteiger partial charge is 0.262 e. The van der Waals surface area contributed by atoms with E-state index in [-0.39, 0.29) is 11.7 Å². The van der Waals surface area contributed by atoms with Crippen LogP contribution in [0.4, 0.5) is 11.4 Å². The van der Waals surface area contributed by atoms with E-state index in [0.717, 1.165) is 5.69 Å². The SMILES string of the molecule is O=C1c2ccccc2NC(c2ccccc2O)N1c1ccc2c(c1)OCCO2. The van der Waals surface area contributed by atoms with Gasteiger partial charge in [0.2, 0.25) is 0 Å². The Balaban J connectivity index is 1.66. The first-order valence-electron chi connectivity index (χ1n) is 9.09. The Bertz CT molecular complexity index is 1070. The van der Waals surface area contributed by atoms with Gasteiger partial charge in [-0.1, -0.05) is 30.3 Å². The number of carbonyl (C=O) groups excluding carboxylic acids is 1. The fourth-order valence-corrected chi connectivity index (χ4v) is 3.64. The third kappa shape index (κ3) is 2.62. The number of nitrogens with zero attached hydrogens (tertiary/aromatic N) is 1. The number of fused-ring (bicyclic) bond motifs is 2. The van der Waals surface area contributed by atoms with Crippen molar-refractivity contribution in [3.05, 3.63) is 77.9 Å². The molecule has 0 bridgehead atoms. The molecule has 0 saturated heterocycles. The molecular formula is C22H18N2O4. The molecule has 140 valence electrons. The van der Waals surface area contributed by atoms with Gasteiger partial charge in [-0.25, -0.2) is 0 Å². The number of phenolic OH excluding ortho intramolecular Hbond substituents is 1. The van der Waals surface area contributed by atoms with Crippen LogP contribution in [0.15, 0.2) is 66.7 Å². The minimum atomic E-state index is -0.564.